The number of methoxy groups -OCH3 is 1. The van der Waals surface area contributed by atoms with Crippen LogP contribution >= 0.6 is 0 Å². The summed E-state index contributed by atoms with van der Waals surface area (Å²) in [5.74, 6) is 0.0878. The number of aromatic nitrogens is 2. The van der Waals surface area contributed by atoms with Gasteiger partial charge < -0.3 is 14.6 Å². The van der Waals surface area contributed by atoms with Gasteiger partial charge in [-0.05, 0) is 43.2 Å². The van der Waals surface area contributed by atoms with E-state index in [1.165, 1.54) is 30.2 Å². The molecule has 2 aromatic carbocycles. The van der Waals surface area contributed by atoms with E-state index >= 15 is 0 Å². The number of carbonyl (C=O) groups is 1. The molecule has 1 aliphatic carbocycles. The molecule has 0 spiro atoms. The molecule has 2 N–H and O–H groups in total. The molecule has 0 atom stereocenters. The third-order valence-electron chi connectivity index (χ3n) is 5.77. The zero-order valence-electron chi connectivity index (χ0n) is 18.5. The van der Waals surface area contributed by atoms with E-state index in [1.807, 2.05) is 0 Å². The summed E-state index contributed by atoms with van der Waals surface area (Å²) in [7, 11) is -0.912. The van der Waals surface area contributed by atoms with Crippen molar-refractivity contribution in [1.82, 2.24) is 19.6 Å². The van der Waals surface area contributed by atoms with E-state index in [0.29, 0.717) is 16.7 Å². The first-order chi connectivity index (χ1) is 15.8. The molecule has 4 rings (SSSR count). The minimum atomic E-state index is -3.86. The van der Waals surface area contributed by atoms with Crippen LogP contribution < -0.4 is 15.0 Å². The number of fused-ring (bicyclic) bond motifs is 1. The van der Waals surface area contributed by atoms with E-state index in [-0.39, 0.29) is 34.4 Å². The number of para-hydroxylation sites is 1. The number of hydrogen-bond acceptors (Lipinski definition) is 6. The van der Waals surface area contributed by atoms with Gasteiger partial charge in [0, 0.05) is 18.7 Å². The molecular formula is C23H26N4O5S. The highest BCUT2D eigenvalue weighted by molar-refractivity contribution is 7.89. The highest BCUT2D eigenvalue weighted by Crippen LogP contribution is 2.27. The molecule has 0 bridgehead atoms. The average Bonchev–Trinajstić information content (AvgIpc) is 3.30. The number of ether oxygens (including phenoxy) is 1. The van der Waals surface area contributed by atoms with Gasteiger partial charge in [-0.3, -0.25) is 9.59 Å². The number of nitrogens with one attached hydrogen (secondary N) is 2. The maximum absolute atomic E-state index is 13.1. The zero-order chi connectivity index (χ0) is 23.6. The van der Waals surface area contributed by atoms with Crippen LogP contribution in [0.25, 0.3) is 10.9 Å². The molecule has 0 saturated heterocycles. The van der Waals surface area contributed by atoms with Gasteiger partial charge in [-0.2, -0.15) is 0 Å². The summed E-state index contributed by atoms with van der Waals surface area (Å²) in [5.41, 5.74) is 0.438. The summed E-state index contributed by atoms with van der Waals surface area (Å²) >= 11 is 0. The minimum absolute atomic E-state index is 0.0490. The van der Waals surface area contributed by atoms with Crippen molar-refractivity contribution < 1.29 is 17.9 Å². The Morgan fingerprint density at radius 1 is 1.21 bits per heavy atom. The van der Waals surface area contributed by atoms with Crippen LogP contribution in [0.5, 0.6) is 5.75 Å². The molecule has 10 heteroatoms. The molecule has 9 nitrogen and oxygen atoms in total. The Kier molecular flexibility index (Phi) is 6.48. The second kappa shape index (κ2) is 9.32. The Labute approximate surface area is 191 Å². The number of amides is 1. The molecular weight excluding hydrogens is 444 g/mol. The number of aromatic amines is 1. The summed E-state index contributed by atoms with van der Waals surface area (Å²) in [5, 5.41) is 0.468. The van der Waals surface area contributed by atoms with E-state index in [9.17, 15) is 18.0 Å². The van der Waals surface area contributed by atoms with Crippen LogP contribution in [-0.4, -0.2) is 49.4 Å². The van der Waals surface area contributed by atoms with Crippen molar-refractivity contribution in [2.24, 2.45) is 0 Å². The Balaban J connectivity index is 1.59. The molecule has 1 heterocycles. The number of rotatable bonds is 7. The zero-order valence-corrected chi connectivity index (χ0v) is 19.3. The van der Waals surface area contributed by atoms with Crippen molar-refractivity contribution in [3.63, 3.8) is 0 Å². The van der Waals surface area contributed by atoms with Crippen LogP contribution in [0.1, 0.15) is 41.9 Å². The van der Waals surface area contributed by atoms with Gasteiger partial charge in [-0.25, -0.2) is 18.1 Å². The SMILES string of the molecule is COc1ccc(C(=O)N(C)Cc2nc3ccccc3c(=O)[nH]2)cc1S(=O)(=O)NC1CCCC1. The predicted molar refractivity (Wildman–Crippen MR) is 124 cm³/mol. The number of H-pyrrole nitrogens is 1. The van der Waals surface area contributed by atoms with Crippen LogP contribution in [0.2, 0.25) is 0 Å². The van der Waals surface area contributed by atoms with E-state index < -0.39 is 15.9 Å². The lowest BCUT2D eigenvalue weighted by Gasteiger charge is -2.19. The highest BCUT2D eigenvalue weighted by atomic mass is 32.2. The highest BCUT2D eigenvalue weighted by Gasteiger charge is 2.27. The molecule has 174 valence electrons. The molecule has 1 aromatic heterocycles. The average molecular weight is 471 g/mol. The van der Waals surface area contributed by atoms with Gasteiger partial charge in [-0.1, -0.05) is 25.0 Å². The maximum atomic E-state index is 13.1. The van der Waals surface area contributed by atoms with Crippen molar-refractivity contribution in [3.05, 3.63) is 64.2 Å². The Hall–Kier alpha value is -3.24. The number of sulfonamides is 1. The standard InChI is InChI=1S/C23H26N4O5S/c1-27(14-21-24-18-10-6-5-9-17(18)22(28)25-21)23(29)15-11-12-19(32-2)20(13-15)33(30,31)26-16-7-3-4-8-16/h5-6,9-13,16,26H,3-4,7-8,14H2,1-2H3,(H,24,25,28). The number of benzene rings is 2. The largest absolute Gasteiger partial charge is 0.495 e. The van der Waals surface area contributed by atoms with E-state index in [4.69, 9.17) is 4.74 Å². The summed E-state index contributed by atoms with van der Waals surface area (Å²) in [6.07, 6.45) is 3.55. The predicted octanol–water partition coefficient (Wildman–Crippen LogP) is 2.42. The molecule has 0 aliphatic heterocycles. The molecule has 33 heavy (non-hydrogen) atoms. The summed E-state index contributed by atoms with van der Waals surface area (Å²) in [4.78, 5) is 33.8. The monoisotopic (exact) mass is 470 g/mol. The van der Waals surface area contributed by atoms with Gasteiger partial charge in [0.05, 0.1) is 24.6 Å². The molecule has 0 radical (unpaired) electrons. The Morgan fingerprint density at radius 2 is 1.94 bits per heavy atom. The molecule has 1 fully saturated rings. The first-order valence-corrected chi connectivity index (χ1v) is 12.2. The molecule has 1 saturated carbocycles. The van der Waals surface area contributed by atoms with E-state index in [0.717, 1.165) is 25.7 Å². The minimum Gasteiger partial charge on any atom is -0.495 e. The van der Waals surface area contributed by atoms with Crippen LogP contribution in [0, 0.1) is 0 Å². The van der Waals surface area contributed by atoms with Gasteiger partial charge in [0.25, 0.3) is 11.5 Å². The number of nitrogens with zero attached hydrogens (tertiary/aromatic N) is 2. The van der Waals surface area contributed by atoms with Crippen molar-refractivity contribution in [2.45, 2.75) is 43.2 Å². The van der Waals surface area contributed by atoms with Gasteiger partial charge in [0.1, 0.15) is 16.5 Å². The summed E-state index contributed by atoms with van der Waals surface area (Å²) in [6.45, 7) is 0.0490. The van der Waals surface area contributed by atoms with Crippen LogP contribution in [0.15, 0.2) is 52.2 Å². The fourth-order valence-electron chi connectivity index (χ4n) is 4.07. The lowest BCUT2D eigenvalue weighted by atomic mass is 10.2. The van der Waals surface area contributed by atoms with Crippen molar-refractivity contribution >= 4 is 26.8 Å². The number of hydrogen-bond donors (Lipinski definition) is 2. The lowest BCUT2D eigenvalue weighted by molar-refractivity contribution is 0.0781. The quantitative estimate of drug-likeness (QED) is 0.547. The summed E-state index contributed by atoms with van der Waals surface area (Å²) < 4.78 is 34.0. The van der Waals surface area contributed by atoms with Crippen molar-refractivity contribution in [2.75, 3.05) is 14.2 Å². The van der Waals surface area contributed by atoms with Crippen LogP contribution in [0.4, 0.5) is 0 Å². The van der Waals surface area contributed by atoms with E-state index in [2.05, 4.69) is 14.7 Å². The number of carbonyl (C=O) groups excluding carboxylic acids is 1. The second-order valence-electron chi connectivity index (χ2n) is 8.16. The normalized spacial score (nSPS) is 14.5. The molecule has 1 aliphatic rings. The van der Waals surface area contributed by atoms with E-state index in [1.54, 1.807) is 31.3 Å². The third kappa shape index (κ3) is 4.91. The maximum Gasteiger partial charge on any atom is 0.258 e. The molecule has 1 amide bonds. The fraction of sp³-hybridized carbons (Fsp3) is 0.348. The first-order valence-electron chi connectivity index (χ1n) is 10.7. The van der Waals surface area contributed by atoms with Crippen LogP contribution in [0.3, 0.4) is 0 Å². The smallest absolute Gasteiger partial charge is 0.258 e. The van der Waals surface area contributed by atoms with Gasteiger partial charge in [0.15, 0.2) is 0 Å². The first kappa shape index (κ1) is 22.9. The topological polar surface area (TPSA) is 121 Å². The molecule has 0 unspecified atom stereocenters. The Bertz CT molecular complexity index is 1350. The summed E-state index contributed by atoms with van der Waals surface area (Å²) in [6, 6.07) is 11.1. The van der Waals surface area contributed by atoms with Gasteiger partial charge >= 0.3 is 0 Å². The third-order valence-corrected chi connectivity index (χ3v) is 7.31. The van der Waals surface area contributed by atoms with Crippen molar-refractivity contribution in [3.8, 4) is 5.75 Å². The van der Waals surface area contributed by atoms with Crippen molar-refractivity contribution in [1.29, 1.82) is 0 Å². The fourth-order valence-corrected chi connectivity index (χ4v) is 5.57. The van der Waals surface area contributed by atoms with Gasteiger partial charge in [0.2, 0.25) is 10.0 Å². The molecule has 3 aromatic rings. The van der Waals surface area contributed by atoms with Gasteiger partial charge in [-0.15, -0.1) is 0 Å². The second-order valence-corrected chi connectivity index (χ2v) is 9.84. The Morgan fingerprint density at radius 3 is 2.67 bits per heavy atom. The van der Waals surface area contributed by atoms with Crippen LogP contribution in [-0.2, 0) is 16.6 Å². The lowest BCUT2D eigenvalue weighted by Crippen LogP contribution is -2.33.